The smallest absolute Gasteiger partial charge is 0.454 e. The first-order valence-corrected chi connectivity index (χ1v) is 9.76. The molecule has 0 aliphatic heterocycles. The van der Waals surface area contributed by atoms with Crippen LogP contribution >= 0.6 is 27.3 Å². The molecule has 2 heterocycles. The van der Waals surface area contributed by atoms with Crippen molar-refractivity contribution in [1.82, 2.24) is 4.98 Å². The number of benzene rings is 2. The molecule has 0 fully saturated rings. The molecule has 4 rings (SSSR count). The molecule has 0 radical (unpaired) electrons. The van der Waals surface area contributed by atoms with Crippen molar-refractivity contribution in [3.63, 3.8) is 0 Å². The Kier molecular flexibility index (Phi) is 5.32. The molecule has 0 aliphatic rings. The Bertz CT molecular complexity index is 1150. The zero-order valence-corrected chi connectivity index (χ0v) is 16.6. The number of ether oxygens (including phenoxy) is 2. The summed E-state index contributed by atoms with van der Waals surface area (Å²) in [5.74, 6) is 0.628. The van der Waals surface area contributed by atoms with Crippen molar-refractivity contribution in [2.24, 2.45) is 0 Å². The fraction of sp³-hybridized carbons (Fsp3) is 0. The van der Waals surface area contributed by atoms with Crippen molar-refractivity contribution in [3.8, 4) is 23.1 Å². The molecule has 0 unspecified atom stereocenters. The van der Waals surface area contributed by atoms with Gasteiger partial charge in [-0.15, -0.1) is 11.3 Å². The van der Waals surface area contributed by atoms with Crippen LogP contribution in [0.25, 0.3) is 10.1 Å². The van der Waals surface area contributed by atoms with Gasteiger partial charge in [0.1, 0.15) is 16.1 Å². The van der Waals surface area contributed by atoms with Crippen LogP contribution < -0.4 is 14.3 Å². The lowest BCUT2D eigenvalue weighted by atomic mass is 9.89. The van der Waals surface area contributed by atoms with Gasteiger partial charge in [0.25, 0.3) is 0 Å². The van der Waals surface area contributed by atoms with E-state index in [4.69, 9.17) is 9.47 Å². The minimum atomic E-state index is -1.53. The minimum Gasteiger partial charge on any atom is -0.454 e. The maximum atomic E-state index is 14.2. The number of pyridine rings is 1. The number of nitrogens with zero attached hydrogens (tertiary/aromatic N) is 1. The van der Waals surface area contributed by atoms with Gasteiger partial charge < -0.3 is 19.5 Å². The number of hydrogen-bond acceptors (Lipinski definition) is 6. The third-order valence-corrected chi connectivity index (χ3v) is 5.40. The van der Waals surface area contributed by atoms with Gasteiger partial charge >= 0.3 is 7.12 Å². The molecular formula is C19H12BBrFNO4S. The van der Waals surface area contributed by atoms with Gasteiger partial charge in [-0.3, -0.25) is 0 Å². The van der Waals surface area contributed by atoms with E-state index in [1.807, 2.05) is 0 Å². The summed E-state index contributed by atoms with van der Waals surface area (Å²) in [5.41, 5.74) is 0. The summed E-state index contributed by atoms with van der Waals surface area (Å²) >= 11 is 4.54. The van der Waals surface area contributed by atoms with E-state index in [0.717, 1.165) is 10.1 Å². The van der Waals surface area contributed by atoms with Crippen LogP contribution in [-0.4, -0.2) is 22.2 Å². The molecule has 0 saturated heterocycles. The standard InChI is InChI=1S/C19H12BBrFNO4S/c21-18-2-1-3-19(23-18)27-13-4-6-14(22)15(10-13)26-12-5-7-16-11(8-12)9-17(28-16)20(24)25/h1-10,24-25H. The quantitative estimate of drug-likeness (QED) is 0.340. The predicted molar refractivity (Wildman–Crippen MR) is 110 cm³/mol. The summed E-state index contributed by atoms with van der Waals surface area (Å²) in [5, 5.41) is 19.4. The van der Waals surface area contributed by atoms with Crippen molar-refractivity contribution in [1.29, 1.82) is 0 Å². The van der Waals surface area contributed by atoms with Crippen LogP contribution in [0.2, 0.25) is 0 Å². The van der Waals surface area contributed by atoms with Crippen molar-refractivity contribution in [2.45, 2.75) is 0 Å². The highest BCUT2D eigenvalue weighted by Gasteiger charge is 2.15. The number of thiophene rings is 1. The molecule has 5 nitrogen and oxygen atoms in total. The summed E-state index contributed by atoms with van der Waals surface area (Å²) in [6.45, 7) is 0. The second-order valence-corrected chi connectivity index (χ2v) is 7.74. The van der Waals surface area contributed by atoms with Crippen molar-refractivity contribution >= 4 is 49.2 Å². The van der Waals surface area contributed by atoms with Crippen LogP contribution in [0.1, 0.15) is 0 Å². The van der Waals surface area contributed by atoms with E-state index < -0.39 is 12.9 Å². The molecule has 0 atom stereocenters. The highest BCUT2D eigenvalue weighted by Crippen LogP contribution is 2.32. The van der Waals surface area contributed by atoms with Gasteiger partial charge in [0.15, 0.2) is 11.6 Å². The first-order chi connectivity index (χ1) is 13.5. The normalized spacial score (nSPS) is 10.9. The number of halogens is 2. The van der Waals surface area contributed by atoms with Crippen molar-refractivity contribution < 1.29 is 23.9 Å². The van der Waals surface area contributed by atoms with Gasteiger partial charge in [-0.05, 0) is 63.8 Å². The fourth-order valence-corrected chi connectivity index (χ4v) is 3.80. The highest BCUT2D eigenvalue weighted by atomic mass is 79.9. The zero-order chi connectivity index (χ0) is 19.7. The van der Waals surface area contributed by atoms with Crippen LogP contribution in [0.15, 0.2) is 65.3 Å². The summed E-state index contributed by atoms with van der Waals surface area (Å²) in [6, 6.07) is 16.3. The molecule has 2 aromatic heterocycles. The molecule has 0 amide bonds. The van der Waals surface area contributed by atoms with E-state index in [0.29, 0.717) is 26.8 Å². The summed E-state index contributed by atoms with van der Waals surface area (Å²) in [4.78, 5) is 4.18. The van der Waals surface area contributed by atoms with Crippen LogP contribution in [0, 0.1) is 5.82 Å². The molecule has 140 valence electrons. The van der Waals surface area contributed by atoms with E-state index in [2.05, 4.69) is 20.9 Å². The third-order valence-electron chi connectivity index (χ3n) is 3.80. The number of fused-ring (bicyclic) bond motifs is 1. The van der Waals surface area contributed by atoms with Crippen LogP contribution in [0.3, 0.4) is 0 Å². The Hall–Kier alpha value is -2.46. The lowest BCUT2D eigenvalue weighted by molar-refractivity contribution is 0.425. The van der Waals surface area contributed by atoms with E-state index in [1.54, 1.807) is 42.5 Å². The Balaban J connectivity index is 1.59. The maximum absolute atomic E-state index is 14.2. The SMILES string of the molecule is OB(O)c1cc2cc(Oc3cc(Oc4cccc(Br)n4)ccc3F)ccc2s1. The minimum absolute atomic E-state index is 0.00416. The molecule has 0 aliphatic carbocycles. The average molecular weight is 460 g/mol. The van der Waals surface area contributed by atoms with E-state index >= 15 is 0 Å². The van der Waals surface area contributed by atoms with Gasteiger partial charge in [0, 0.05) is 21.6 Å². The topological polar surface area (TPSA) is 71.8 Å². The second kappa shape index (κ2) is 7.88. The number of aromatic nitrogens is 1. The molecular weight excluding hydrogens is 448 g/mol. The second-order valence-electron chi connectivity index (χ2n) is 5.82. The van der Waals surface area contributed by atoms with Crippen LogP contribution in [-0.2, 0) is 0 Å². The maximum Gasteiger partial charge on any atom is 0.499 e. The Morgan fingerprint density at radius 3 is 2.54 bits per heavy atom. The van der Waals surface area contributed by atoms with Crippen LogP contribution in [0.4, 0.5) is 4.39 Å². The Morgan fingerprint density at radius 1 is 0.964 bits per heavy atom. The Labute approximate surface area is 172 Å². The van der Waals surface area contributed by atoms with Gasteiger partial charge in [-0.1, -0.05) is 6.07 Å². The third kappa shape index (κ3) is 4.17. The molecule has 9 heteroatoms. The lowest BCUT2D eigenvalue weighted by Crippen LogP contribution is -2.26. The molecule has 0 spiro atoms. The van der Waals surface area contributed by atoms with Crippen molar-refractivity contribution in [3.05, 3.63) is 71.1 Å². The Morgan fingerprint density at radius 2 is 1.75 bits per heavy atom. The fourth-order valence-electron chi connectivity index (χ4n) is 2.55. The van der Waals surface area contributed by atoms with E-state index in [9.17, 15) is 14.4 Å². The highest BCUT2D eigenvalue weighted by molar-refractivity contribution is 9.10. The average Bonchev–Trinajstić information content (AvgIpc) is 3.08. The molecule has 2 N–H and O–H groups in total. The monoisotopic (exact) mass is 459 g/mol. The van der Waals surface area contributed by atoms with Gasteiger partial charge in [-0.2, -0.15) is 0 Å². The molecule has 0 saturated carbocycles. The van der Waals surface area contributed by atoms with Gasteiger partial charge in [0.2, 0.25) is 5.88 Å². The first-order valence-electron chi connectivity index (χ1n) is 8.15. The number of hydrogen-bond donors (Lipinski definition) is 2. The van der Waals surface area contributed by atoms with Gasteiger partial charge in [-0.25, -0.2) is 9.37 Å². The molecule has 2 aromatic carbocycles. The van der Waals surface area contributed by atoms with E-state index in [1.165, 1.54) is 29.5 Å². The number of rotatable bonds is 5. The summed E-state index contributed by atoms with van der Waals surface area (Å²) in [6.07, 6.45) is 0. The largest absolute Gasteiger partial charge is 0.499 e. The molecule has 0 bridgehead atoms. The predicted octanol–water partition coefficient (Wildman–Crippen LogP) is 4.46. The first kappa shape index (κ1) is 18.9. The van der Waals surface area contributed by atoms with E-state index in [-0.39, 0.29) is 5.75 Å². The summed E-state index contributed by atoms with van der Waals surface area (Å²) in [7, 11) is -1.53. The molecule has 4 aromatic rings. The molecule has 28 heavy (non-hydrogen) atoms. The lowest BCUT2D eigenvalue weighted by Gasteiger charge is -2.10. The summed E-state index contributed by atoms with van der Waals surface area (Å²) < 4.78 is 27.5. The van der Waals surface area contributed by atoms with Crippen molar-refractivity contribution in [2.75, 3.05) is 0 Å². The van der Waals surface area contributed by atoms with Gasteiger partial charge in [0.05, 0.1) is 0 Å². The zero-order valence-electron chi connectivity index (χ0n) is 14.2. The van der Waals surface area contributed by atoms with Crippen LogP contribution in [0.5, 0.6) is 23.1 Å².